The molecule has 1 fully saturated rings. The van der Waals surface area contributed by atoms with Gasteiger partial charge in [-0.25, -0.2) is 23.6 Å². The van der Waals surface area contributed by atoms with Gasteiger partial charge < -0.3 is 39.3 Å². The Morgan fingerprint density at radius 1 is 1.26 bits per heavy atom. The van der Waals surface area contributed by atoms with Gasteiger partial charge in [0.25, 0.3) is 23.5 Å². The normalized spacial score (nSPS) is 26.7. The Bertz CT molecular complexity index is 1180. The van der Waals surface area contributed by atoms with Crippen molar-refractivity contribution in [3.05, 3.63) is 12.7 Å². The number of hydrogen-bond acceptors (Lipinski definition) is 17. The molecule has 0 radical (unpaired) electrons. The first-order valence-electron chi connectivity index (χ1n) is 9.36. The Morgan fingerprint density at radius 2 is 1.97 bits per heavy atom. The summed E-state index contributed by atoms with van der Waals surface area (Å²) in [4.78, 5) is 54.5. The molecule has 198 valence electrons. The van der Waals surface area contributed by atoms with Crippen molar-refractivity contribution in [3.8, 4) is 0 Å². The van der Waals surface area contributed by atoms with E-state index in [1.54, 1.807) is 6.92 Å². The van der Waals surface area contributed by atoms with Crippen molar-refractivity contribution in [2.45, 2.75) is 37.2 Å². The molecule has 0 spiro atoms. The van der Waals surface area contributed by atoms with Gasteiger partial charge in [-0.1, -0.05) is 21.6 Å². The van der Waals surface area contributed by atoms with Crippen molar-refractivity contribution in [1.82, 2.24) is 19.5 Å². The molecule has 7 atom stereocenters. The number of rotatable bonds is 12. The second-order valence-electron chi connectivity index (χ2n) is 6.77. The summed E-state index contributed by atoms with van der Waals surface area (Å²) < 4.78 is 58.7. The molecule has 35 heavy (non-hydrogen) atoms. The first-order chi connectivity index (χ1) is 16.2. The summed E-state index contributed by atoms with van der Waals surface area (Å²) >= 11 is 0. The molecule has 3 N–H and O–H groups in total. The van der Waals surface area contributed by atoms with Crippen molar-refractivity contribution in [3.63, 3.8) is 0 Å². The number of anilines is 1. The molecule has 1 aliphatic rings. The first kappa shape index (κ1) is 28.9. The van der Waals surface area contributed by atoms with E-state index in [4.69, 9.17) is 20.1 Å². The highest BCUT2D eigenvalue weighted by Crippen LogP contribution is 2.61. The summed E-state index contributed by atoms with van der Waals surface area (Å²) in [5.41, 5.74) is 6.12. The predicted octanol–water partition coefficient (Wildman–Crippen LogP) is -0.114. The van der Waals surface area contributed by atoms with Crippen LogP contribution in [0.2, 0.25) is 0 Å². The van der Waals surface area contributed by atoms with Gasteiger partial charge in [0, 0.05) is 6.42 Å². The molecule has 17 nitrogen and oxygen atoms in total. The number of phosphoric ester groups is 1. The number of nitrogens with two attached hydrogens (primary N) is 1. The van der Waals surface area contributed by atoms with Gasteiger partial charge >= 0.3 is 0 Å². The van der Waals surface area contributed by atoms with Crippen LogP contribution in [0.3, 0.4) is 0 Å². The number of fused-ring (bicyclic) bond motifs is 1. The minimum absolute atomic E-state index is 0.142. The molecule has 0 amide bonds. The molecule has 0 aliphatic carbocycles. The lowest BCUT2D eigenvalue weighted by atomic mass is 10.2. The van der Waals surface area contributed by atoms with Crippen LogP contribution in [0.5, 0.6) is 0 Å². The molecule has 2 aromatic rings. The summed E-state index contributed by atoms with van der Waals surface area (Å²) in [6, 6.07) is 0. The highest BCUT2D eigenvalue weighted by atomic mass is 33.1. The summed E-state index contributed by atoms with van der Waals surface area (Å²) in [6.45, 7) is 0.992. The number of nitrogen functional groups attached to an aromatic ring is 1. The number of ether oxygens (including phenoxy) is 2. The van der Waals surface area contributed by atoms with Crippen LogP contribution in [0, 0.1) is 0 Å². The van der Waals surface area contributed by atoms with E-state index in [2.05, 4.69) is 28.1 Å². The van der Waals surface area contributed by atoms with Crippen LogP contribution in [0.4, 0.5) is 5.82 Å². The van der Waals surface area contributed by atoms with Crippen molar-refractivity contribution >= 4 is 62.0 Å². The van der Waals surface area contributed by atoms with Gasteiger partial charge in [0.1, 0.15) is 29.6 Å². The maximum atomic E-state index is 12.0. The number of hydrogen-bond donors (Lipinski definition) is 2. The van der Waals surface area contributed by atoms with Crippen molar-refractivity contribution in [2.75, 3.05) is 18.6 Å². The molecule has 0 saturated carbocycles. The number of phosphoric acid groups is 3. The second-order valence-corrected chi connectivity index (χ2v) is 13.8. The number of nitrogens with zero attached hydrogens (tertiary/aromatic N) is 4. The lowest BCUT2D eigenvalue weighted by molar-refractivity contribution is -0.250. The van der Waals surface area contributed by atoms with Gasteiger partial charge in [-0.2, -0.15) is 0 Å². The van der Waals surface area contributed by atoms with Gasteiger partial charge in [0.15, 0.2) is 11.5 Å². The zero-order valence-electron chi connectivity index (χ0n) is 17.8. The molecule has 0 bridgehead atoms. The van der Waals surface area contributed by atoms with Crippen LogP contribution < -0.4 is 20.4 Å². The highest BCUT2D eigenvalue weighted by molar-refractivity contribution is 8.76. The van der Waals surface area contributed by atoms with Gasteiger partial charge in [0.05, 0.1) is 19.0 Å². The van der Waals surface area contributed by atoms with Crippen LogP contribution in [-0.2, 0) is 36.3 Å². The van der Waals surface area contributed by atoms with E-state index in [0.29, 0.717) is 11.2 Å². The van der Waals surface area contributed by atoms with Crippen LogP contribution in [-0.4, -0.2) is 54.9 Å². The average Bonchev–Trinajstić information content (AvgIpc) is 3.28. The van der Waals surface area contributed by atoms with Gasteiger partial charge in [0.2, 0.25) is 0 Å². The van der Waals surface area contributed by atoms with Gasteiger partial charge in [-0.15, -0.1) is 0 Å². The first-order valence-corrected chi connectivity index (χ1v) is 16.4. The Morgan fingerprint density at radius 3 is 2.63 bits per heavy atom. The smallest absolute Gasteiger partial charge is 0.280 e. The third-order valence-corrected chi connectivity index (χ3v) is 9.93. The summed E-state index contributed by atoms with van der Waals surface area (Å²) in [5, 5.41) is 0. The van der Waals surface area contributed by atoms with E-state index in [9.17, 15) is 28.4 Å². The molecule has 4 unspecified atom stereocenters. The Labute approximate surface area is 205 Å². The number of imidazole rings is 1. The third kappa shape index (κ3) is 8.18. The third-order valence-electron chi connectivity index (χ3n) is 4.28. The van der Waals surface area contributed by atoms with Crippen LogP contribution >= 0.6 is 45.1 Å². The van der Waals surface area contributed by atoms with E-state index in [1.165, 1.54) is 38.8 Å². The lowest BCUT2D eigenvalue weighted by Gasteiger charge is -2.33. The molecule has 3 heterocycles. The fourth-order valence-corrected chi connectivity index (χ4v) is 7.41. The molecule has 1 saturated heterocycles. The minimum atomic E-state index is -6.02. The van der Waals surface area contributed by atoms with Crippen LogP contribution in [0.1, 0.15) is 19.6 Å². The molecule has 2 aromatic heterocycles. The summed E-state index contributed by atoms with van der Waals surface area (Å²) in [7, 11) is -14.7. The molecule has 0 aromatic carbocycles. The average molecular weight is 594 g/mol. The van der Waals surface area contributed by atoms with E-state index in [0.717, 1.165) is 0 Å². The molecular formula is C13H19N5O12P3S2-3. The maximum Gasteiger partial charge on any atom is 0.280 e. The zero-order valence-corrected chi connectivity index (χ0v) is 22.2. The fraction of sp³-hybridized carbons (Fsp3) is 0.615. The minimum Gasteiger partial charge on any atom is -0.756 e. The maximum absolute atomic E-state index is 12.0. The topological polar surface area (TPSA) is 256 Å². The monoisotopic (exact) mass is 594 g/mol. The quantitative estimate of drug-likeness (QED) is 0.184. The Kier molecular flexibility index (Phi) is 9.44. The van der Waals surface area contributed by atoms with Crippen molar-refractivity contribution in [2.24, 2.45) is 0 Å². The predicted molar refractivity (Wildman–Crippen MR) is 117 cm³/mol. The van der Waals surface area contributed by atoms with Gasteiger partial charge in [-0.05, 0) is 13.2 Å². The highest BCUT2D eigenvalue weighted by Gasteiger charge is 2.40. The standard InChI is InChI=1S/C13H22N5O12P3S2/c1-7(35-34-2)27-8-3-10(18-6-17-11-12(14)15-5-16-13(11)18)28-9(8)4-26-32(22,23)30-33(24,25)29-31(19,20)21/h5-10H,3-4H2,1-2H3,(H,22,23)(H,24,25)(H2,14,15,16)(H2,19,20,21)/p-3/t7-,8?,9-,10-/m1/s1. The Hall–Kier alpha value is -0.620. The van der Waals surface area contributed by atoms with Crippen molar-refractivity contribution < 1.29 is 55.9 Å². The van der Waals surface area contributed by atoms with E-state index in [-0.39, 0.29) is 17.7 Å². The molecule has 22 heteroatoms. The van der Waals surface area contributed by atoms with Gasteiger partial charge in [-0.3, -0.25) is 18.3 Å². The van der Waals surface area contributed by atoms with E-state index >= 15 is 0 Å². The molecule has 1 aliphatic heterocycles. The molecule has 3 rings (SSSR count). The summed E-state index contributed by atoms with van der Waals surface area (Å²) in [6.07, 6.45) is 2.13. The van der Waals surface area contributed by atoms with Crippen molar-refractivity contribution in [1.29, 1.82) is 0 Å². The van der Waals surface area contributed by atoms with E-state index < -0.39 is 48.5 Å². The number of aromatic nitrogens is 4. The fourth-order valence-electron chi connectivity index (χ4n) is 3.10. The van der Waals surface area contributed by atoms with Crippen LogP contribution in [0.15, 0.2) is 12.7 Å². The van der Waals surface area contributed by atoms with E-state index in [1.807, 2.05) is 6.26 Å². The molecular weight excluding hydrogens is 575 g/mol. The Balaban J connectivity index is 1.75. The summed E-state index contributed by atoms with van der Waals surface area (Å²) in [5.74, 6) is 0.142. The van der Waals surface area contributed by atoms with Crippen LogP contribution in [0.25, 0.3) is 11.2 Å². The SMILES string of the molecule is CSS[C@H](C)OC1C[C@H](n2cnc3c(N)ncnc32)O[C@@H]1COP(=O)([O-])OP(=O)([O-])OP(=O)([O-])O. The second kappa shape index (κ2) is 11.4. The largest absolute Gasteiger partial charge is 0.756 e. The lowest BCUT2D eigenvalue weighted by Crippen LogP contribution is -2.31. The zero-order chi connectivity index (χ0) is 26.0.